The molecule has 21 heavy (non-hydrogen) atoms. The summed E-state index contributed by atoms with van der Waals surface area (Å²) >= 11 is 0. The summed E-state index contributed by atoms with van der Waals surface area (Å²) in [4.78, 5) is 19.5. The Morgan fingerprint density at radius 3 is 2.57 bits per heavy atom. The maximum atomic E-state index is 12.4. The summed E-state index contributed by atoms with van der Waals surface area (Å²) < 4.78 is 0. The lowest BCUT2D eigenvalue weighted by Crippen LogP contribution is -2.58. The summed E-state index contributed by atoms with van der Waals surface area (Å²) in [5.74, 6) is 0.699. The molecule has 0 radical (unpaired) electrons. The smallest absolute Gasteiger partial charge is 0.246 e. The average molecular weight is 288 g/mol. The van der Waals surface area contributed by atoms with Crippen LogP contribution in [0.25, 0.3) is 0 Å². The number of hydrogen-bond donors (Lipinski definition) is 1. The molecule has 0 bridgehead atoms. The van der Waals surface area contributed by atoms with E-state index >= 15 is 0 Å². The number of guanidine groups is 1. The summed E-state index contributed by atoms with van der Waals surface area (Å²) in [6, 6.07) is 2.21. The molecule has 2 heterocycles. The third-order valence-corrected chi connectivity index (χ3v) is 5.29. The zero-order chi connectivity index (χ0) is 14.9. The van der Waals surface area contributed by atoms with Crippen LogP contribution >= 0.6 is 0 Å². The molecule has 5 nitrogen and oxygen atoms in total. The van der Waals surface area contributed by atoms with E-state index < -0.39 is 11.5 Å². The summed E-state index contributed by atoms with van der Waals surface area (Å²) in [6.45, 7) is 4.17. The van der Waals surface area contributed by atoms with E-state index in [1.807, 2.05) is 0 Å². The average Bonchev–Trinajstić information content (AvgIpc) is 2.48. The first-order valence-corrected chi connectivity index (χ1v) is 8.20. The minimum absolute atomic E-state index is 0.150. The van der Waals surface area contributed by atoms with E-state index in [1.165, 1.54) is 6.42 Å². The lowest BCUT2D eigenvalue weighted by atomic mass is 9.72. The van der Waals surface area contributed by atoms with E-state index in [2.05, 4.69) is 23.2 Å². The van der Waals surface area contributed by atoms with Gasteiger partial charge in [-0.15, -0.1) is 0 Å². The largest absolute Gasteiger partial charge is 0.343 e. The molecule has 3 aliphatic rings. The van der Waals surface area contributed by atoms with E-state index in [-0.39, 0.29) is 5.91 Å². The summed E-state index contributed by atoms with van der Waals surface area (Å²) in [7, 11) is 0. The number of nitrogens with zero attached hydrogens (tertiary/aromatic N) is 3. The Hall–Kier alpha value is -1.57. The maximum absolute atomic E-state index is 12.4. The number of amides is 1. The minimum Gasteiger partial charge on any atom is -0.343 e. The SMILES string of the molecule is CC1CCN(C2=NC3(CCCCC3)[C@H](C#N)C(=O)N2)CC1. The zero-order valence-corrected chi connectivity index (χ0v) is 12.8. The van der Waals surface area contributed by atoms with Crippen molar-refractivity contribution in [2.24, 2.45) is 16.8 Å². The third-order valence-electron chi connectivity index (χ3n) is 5.29. The molecule has 1 N–H and O–H groups in total. The van der Waals surface area contributed by atoms with Crippen LogP contribution in [0.5, 0.6) is 0 Å². The fourth-order valence-corrected chi connectivity index (χ4v) is 3.84. The molecule has 1 saturated heterocycles. The number of aliphatic imine (C=N–C) groups is 1. The Balaban J connectivity index is 1.87. The Morgan fingerprint density at radius 1 is 1.29 bits per heavy atom. The number of hydrogen-bond acceptors (Lipinski definition) is 4. The summed E-state index contributed by atoms with van der Waals surface area (Å²) in [5.41, 5.74) is -0.465. The van der Waals surface area contributed by atoms with Crippen molar-refractivity contribution in [3.8, 4) is 6.07 Å². The second kappa shape index (κ2) is 5.67. The van der Waals surface area contributed by atoms with Crippen molar-refractivity contribution < 1.29 is 4.79 Å². The van der Waals surface area contributed by atoms with Crippen LogP contribution in [0.1, 0.15) is 51.9 Å². The highest BCUT2D eigenvalue weighted by molar-refractivity contribution is 6.02. The van der Waals surface area contributed by atoms with Crippen LogP contribution in [-0.2, 0) is 4.79 Å². The monoisotopic (exact) mass is 288 g/mol. The van der Waals surface area contributed by atoms with Gasteiger partial charge in [0.15, 0.2) is 5.92 Å². The first-order chi connectivity index (χ1) is 10.1. The number of nitriles is 1. The van der Waals surface area contributed by atoms with E-state index in [9.17, 15) is 10.1 Å². The van der Waals surface area contributed by atoms with Gasteiger partial charge in [-0.25, -0.2) is 4.99 Å². The van der Waals surface area contributed by atoms with Crippen molar-refractivity contribution in [2.45, 2.75) is 57.4 Å². The van der Waals surface area contributed by atoms with Crippen LogP contribution in [0.3, 0.4) is 0 Å². The lowest BCUT2D eigenvalue weighted by molar-refractivity contribution is -0.125. The molecule has 2 fully saturated rings. The van der Waals surface area contributed by atoms with Gasteiger partial charge >= 0.3 is 0 Å². The first kappa shape index (κ1) is 14.4. The van der Waals surface area contributed by atoms with Gasteiger partial charge in [0, 0.05) is 13.1 Å². The fourth-order valence-electron chi connectivity index (χ4n) is 3.84. The normalized spacial score (nSPS) is 29.7. The second-order valence-corrected chi connectivity index (χ2v) is 6.82. The van der Waals surface area contributed by atoms with Crippen molar-refractivity contribution in [1.29, 1.82) is 5.26 Å². The van der Waals surface area contributed by atoms with Gasteiger partial charge in [0.1, 0.15) is 0 Å². The Kier molecular flexibility index (Phi) is 3.88. The molecule has 1 amide bonds. The molecule has 1 aliphatic carbocycles. The third kappa shape index (κ3) is 2.64. The van der Waals surface area contributed by atoms with E-state index in [0.717, 1.165) is 63.5 Å². The molecular formula is C16H24N4O. The summed E-state index contributed by atoms with van der Waals surface area (Å²) in [6.07, 6.45) is 7.35. The van der Waals surface area contributed by atoms with E-state index in [0.29, 0.717) is 0 Å². The minimum atomic E-state index is -0.620. The lowest BCUT2D eigenvalue weighted by Gasteiger charge is -2.43. The molecule has 0 unspecified atom stereocenters. The quantitative estimate of drug-likeness (QED) is 0.741. The van der Waals surface area contributed by atoms with Crippen LogP contribution in [-0.4, -0.2) is 35.4 Å². The van der Waals surface area contributed by atoms with Crippen molar-refractivity contribution in [3.63, 3.8) is 0 Å². The van der Waals surface area contributed by atoms with Crippen molar-refractivity contribution in [2.75, 3.05) is 13.1 Å². The van der Waals surface area contributed by atoms with Crippen LogP contribution < -0.4 is 5.32 Å². The van der Waals surface area contributed by atoms with Gasteiger partial charge in [-0.2, -0.15) is 5.26 Å². The van der Waals surface area contributed by atoms with Crippen LogP contribution in [0.2, 0.25) is 0 Å². The molecule has 3 rings (SSSR count). The molecule has 0 aromatic heterocycles. The van der Waals surface area contributed by atoms with Gasteiger partial charge in [-0.05, 0) is 31.6 Å². The number of likely N-dealkylation sites (tertiary alicyclic amines) is 1. The Labute approximate surface area is 126 Å². The topological polar surface area (TPSA) is 68.5 Å². The second-order valence-electron chi connectivity index (χ2n) is 6.82. The van der Waals surface area contributed by atoms with Gasteiger partial charge in [0.2, 0.25) is 11.9 Å². The van der Waals surface area contributed by atoms with E-state index in [1.54, 1.807) is 0 Å². The number of carbonyl (C=O) groups is 1. The number of nitrogens with one attached hydrogen (secondary N) is 1. The standard InChI is InChI=1S/C16H24N4O/c1-12-5-9-20(10-6-12)15-18-14(21)13(11-17)16(19-15)7-3-2-4-8-16/h12-13H,2-10H2,1H3,(H,18,19,21)/t13-/m1/s1. The molecule has 0 aromatic rings. The summed E-state index contributed by atoms with van der Waals surface area (Å²) in [5, 5.41) is 12.3. The first-order valence-electron chi connectivity index (χ1n) is 8.20. The molecule has 0 aromatic carbocycles. The molecule has 5 heteroatoms. The van der Waals surface area contributed by atoms with Gasteiger partial charge < -0.3 is 4.90 Å². The molecule has 1 saturated carbocycles. The van der Waals surface area contributed by atoms with Gasteiger partial charge in [-0.1, -0.05) is 26.2 Å². The van der Waals surface area contributed by atoms with Crippen molar-refractivity contribution in [1.82, 2.24) is 10.2 Å². The molecule has 1 spiro atoms. The highest BCUT2D eigenvalue weighted by Crippen LogP contribution is 2.40. The van der Waals surface area contributed by atoms with Gasteiger partial charge in [0.25, 0.3) is 0 Å². The Bertz CT molecular complexity index is 479. The molecule has 2 aliphatic heterocycles. The number of carbonyl (C=O) groups excluding carboxylic acids is 1. The van der Waals surface area contributed by atoms with Crippen LogP contribution in [0, 0.1) is 23.2 Å². The molecular weight excluding hydrogens is 264 g/mol. The fraction of sp³-hybridized carbons (Fsp3) is 0.812. The van der Waals surface area contributed by atoms with Gasteiger partial charge in [-0.3, -0.25) is 10.1 Å². The number of piperidine rings is 1. The van der Waals surface area contributed by atoms with Crippen molar-refractivity contribution in [3.05, 3.63) is 0 Å². The van der Waals surface area contributed by atoms with Gasteiger partial charge in [0.05, 0.1) is 11.6 Å². The number of rotatable bonds is 0. The van der Waals surface area contributed by atoms with E-state index in [4.69, 9.17) is 4.99 Å². The van der Waals surface area contributed by atoms with Crippen LogP contribution in [0.4, 0.5) is 0 Å². The zero-order valence-electron chi connectivity index (χ0n) is 12.8. The molecule has 1 atom stereocenters. The Morgan fingerprint density at radius 2 is 1.95 bits per heavy atom. The van der Waals surface area contributed by atoms with Crippen molar-refractivity contribution >= 4 is 11.9 Å². The maximum Gasteiger partial charge on any atom is 0.246 e. The predicted molar refractivity (Wildman–Crippen MR) is 80.5 cm³/mol. The highest BCUT2D eigenvalue weighted by Gasteiger charge is 2.48. The highest BCUT2D eigenvalue weighted by atomic mass is 16.2. The predicted octanol–water partition coefficient (Wildman–Crippen LogP) is 2.05. The molecule has 114 valence electrons. The van der Waals surface area contributed by atoms with Crippen LogP contribution in [0.15, 0.2) is 4.99 Å².